The maximum absolute atomic E-state index is 14.0. The predicted molar refractivity (Wildman–Crippen MR) is 79.0 cm³/mol. The molecule has 1 amide bonds. The molecule has 0 atom stereocenters. The van der Waals surface area contributed by atoms with Crippen LogP contribution in [0.15, 0.2) is 30.3 Å². The summed E-state index contributed by atoms with van der Waals surface area (Å²) in [6.07, 6.45) is 1.09. The molecular formula is C16H15FN2O2. The van der Waals surface area contributed by atoms with Crippen molar-refractivity contribution in [1.82, 2.24) is 0 Å². The lowest BCUT2D eigenvalue weighted by atomic mass is 10.0. The Morgan fingerprint density at radius 3 is 2.86 bits per heavy atom. The van der Waals surface area contributed by atoms with E-state index in [1.54, 1.807) is 37.3 Å². The highest BCUT2D eigenvalue weighted by molar-refractivity contribution is 5.94. The van der Waals surface area contributed by atoms with Crippen LogP contribution in [-0.2, 0) is 11.2 Å². The number of fused-ring (bicyclic) bond motifs is 1. The van der Waals surface area contributed by atoms with Crippen LogP contribution in [0.25, 0.3) is 0 Å². The van der Waals surface area contributed by atoms with Gasteiger partial charge < -0.3 is 15.8 Å². The lowest BCUT2D eigenvalue weighted by Gasteiger charge is -2.19. The summed E-state index contributed by atoms with van der Waals surface area (Å²) in [6, 6.07) is 8.32. The third-order valence-corrected chi connectivity index (χ3v) is 3.51. The van der Waals surface area contributed by atoms with Crippen molar-refractivity contribution in [2.45, 2.75) is 19.8 Å². The molecule has 0 unspecified atom stereocenters. The van der Waals surface area contributed by atoms with Crippen molar-refractivity contribution < 1.29 is 13.9 Å². The van der Waals surface area contributed by atoms with E-state index in [0.29, 0.717) is 35.5 Å². The van der Waals surface area contributed by atoms with Crippen LogP contribution >= 0.6 is 0 Å². The van der Waals surface area contributed by atoms with Gasteiger partial charge in [0.1, 0.15) is 0 Å². The normalized spacial score (nSPS) is 13.5. The number of carbonyl (C=O) groups excluding carboxylic acids is 1. The fourth-order valence-corrected chi connectivity index (χ4v) is 2.33. The zero-order valence-corrected chi connectivity index (χ0v) is 11.6. The Hall–Kier alpha value is -2.56. The van der Waals surface area contributed by atoms with Crippen molar-refractivity contribution in [2.24, 2.45) is 0 Å². The number of carbonyl (C=O) groups is 1. The number of rotatable bonds is 2. The third kappa shape index (κ3) is 2.54. The molecule has 0 aromatic heterocycles. The van der Waals surface area contributed by atoms with E-state index in [4.69, 9.17) is 10.5 Å². The predicted octanol–water partition coefficient (Wildman–Crippen LogP) is 3.39. The van der Waals surface area contributed by atoms with Gasteiger partial charge in [0.25, 0.3) is 0 Å². The highest BCUT2D eigenvalue weighted by Crippen LogP contribution is 2.36. The average molecular weight is 286 g/mol. The second kappa shape index (κ2) is 5.09. The topological polar surface area (TPSA) is 64.3 Å². The molecule has 108 valence electrons. The fourth-order valence-electron chi connectivity index (χ4n) is 2.33. The van der Waals surface area contributed by atoms with Crippen LogP contribution in [0.1, 0.15) is 17.5 Å². The van der Waals surface area contributed by atoms with E-state index in [1.165, 1.54) is 0 Å². The molecule has 3 rings (SSSR count). The average Bonchev–Trinajstić information content (AvgIpc) is 2.45. The number of nitrogens with two attached hydrogens (primary N) is 1. The molecule has 5 heteroatoms. The van der Waals surface area contributed by atoms with Gasteiger partial charge in [0.15, 0.2) is 17.3 Å². The molecule has 0 saturated carbocycles. The summed E-state index contributed by atoms with van der Waals surface area (Å²) in [7, 11) is 0. The van der Waals surface area contributed by atoms with Gasteiger partial charge in [-0.1, -0.05) is 12.1 Å². The van der Waals surface area contributed by atoms with Crippen LogP contribution in [0.5, 0.6) is 11.5 Å². The summed E-state index contributed by atoms with van der Waals surface area (Å²) < 4.78 is 19.6. The summed E-state index contributed by atoms with van der Waals surface area (Å²) >= 11 is 0. The van der Waals surface area contributed by atoms with Crippen LogP contribution in [0.3, 0.4) is 0 Å². The second-order valence-electron chi connectivity index (χ2n) is 5.08. The Morgan fingerprint density at radius 1 is 1.24 bits per heavy atom. The lowest BCUT2D eigenvalue weighted by Crippen LogP contribution is -2.19. The maximum Gasteiger partial charge on any atom is 0.224 e. The molecule has 1 aliphatic heterocycles. The summed E-state index contributed by atoms with van der Waals surface area (Å²) in [5.74, 6) is -0.0113. The number of nitrogens with one attached hydrogen (secondary N) is 1. The lowest BCUT2D eigenvalue weighted by molar-refractivity contribution is -0.116. The van der Waals surface area contributed by atoms with Gasteiger partial charge in [-0.25, -0.2) is 4.39 Å². The molecule has 1 heterocycles. The van der Waals surface area contributed by atoms with E-state index >= 15 is 0 Å². The number of amides is 1. The van der Waals surface area contributed by atoms with Crippen LogP contribution in [0, 0.1) is 12.7 Å². The van der Waals surface area contributed by atoms with Gasteiger partial charge in [-0.2, -0.15) is 0 Å². The van der Waals surface area contributed by atoms with E-state index in [9.17, 15) is 9.18 Å². The van der Waals surface area contributed by atoms with E-state index in [1.807, 2.05) is 0 Å². The first-order chi connectivity index (χ1) is 10.0. The minimum Gasteiger partial charge on any atom is -0.452 e. The van der Waals surface area contributed by atoms with Crippen LogP contribution in [-0.4, -0.2) is 5.91 Å². The first-order valence-corrected chi connectivity index (χ1v) is 6.70. The molecule has 0 spiro atoms. The second-order valence-corrected chi connectivity index (χ2v) is 5.08. The molecule has 1 aliphatic rings. The SMILES string of the molecule is Cc1cccc(Oc2cc3c(cc2N)CCC(=O)N3)c1F. The molecule has 0 saturated heterocycles. The molecule has 0 fully saturated rings. The number of anilines is 2. The molecule has 0 radical (unpaired) electrons. The van der Waals surface area contributed by atoms with E-state index < -0.39 is 5.82 Å². The van der Waals surface area contributed by atoms with Gasteiger partial charge in [-0.3, -0.25) is 4.79 Å². The number of aryl methyl sites for hydroxylation is 2. The van der Waals surface area contributed by atoms with Crippen molar-refractivity contribution >= 4 is 17.3 Å². The van der Waals surface area contributed by atoms with Crippen LogP contribution in [0.4, 0.5) is 15.8 Å². The van der Waals surface area contributed by atoms with Crippen molar-refractivity contribution in [1.29, 1.82) is 0 Å². The zero-order chi connectivity index (χ0) is 15.0. The van der Waals surface area contributed by atoms with Gasteiger partial charge in [-0.05, 0) is 36.6 Å². The molecule has 2 aromatic carbocycles. The fraction of sp³-hybridized carbons (Fsp3) is 0.188. The first kappa shape index (κ1) is 13.4. The van der Waals surface area contributed by atoms with Gasteiger partial charge in [0, 0.05) is 18.2 Å². The monoisotopic (exact) mass is 286 g/mol. The molecule has 0 bridgehead atoms. The van der Waals surface area contributed by atoms with Gasteiger partial charge in [-0.15, -0.1) is 0 Å². The van der Waals surface area contributed by atoms with Crippen LogP contribution < -0.4 is 15.8 Å². The van der Waals surface area contributed by atoms with Crippen molar-refractivity contribution in [3.05, 3.63) is 47.3 Å². The highest BCUT2D eigenvalue weighted by atomic mass is 19.1. The molecule has 2 aromatic rings. The number of nitrogen functional groups attached to an aromatic ring is 1. The Bertz CT molecular complexity index is 728. The minimum atomic E-state index is -0.418. The standard InChI is InChI=1S/C16H15FN2O2/c1-9-3-2-4-13(16(9)17)21-14-8-12-10(7-11(14)18)5-6-15(20)19-12/h2-4,7-8H,5-6,18H2,1H3,(H,19,20). The molecular weight excluding hydrogens is 271 g/mol. The molecule has 21 heavy (non-hydrogen) atoms. The molecule has 0 aliphatic carbocycles. The first-order valence-electron chi connectivity index (χ1n) is 6.70. The number of ether oxygens (including phenoxy) is 1. The number of benzene rings is 2. The summed E-state index contributed by atoms with van der Waals surface area (Å²) in [6.45, 7) is 1.67. The zero-order valence-electron chi connectivity index (χ0n) is 11.6. The summed E-state index contributed by atoms with van der Waals surface area (Å²) in [5.41, 5.74) is 8.51. The number of hydrogen-bond acceptors (Lipinski definition) is 3. The Kier molecular flexibility index (Phi) is 3.25. The number of halogens is 1. The largest absolute Gasteiger partial charge is 0.452 e. The van der Waals surface area contributed by atoms with Crippen molar-refractivity contribution in [2.75, 3.05) is 11.1 Å². The summed E-state index contributed by atoms with van der Waals surface area (Å²) in [4.78, 5) is 11.4. The van der Waals surface area contributed by atoms with Crippen molar-refractivity contribution in [3.63, 3.8) is 0 Å². The highest BCUT2D eigenvalue weighted by Gasteiger charge is 2.18. The van der Waals surface area contributed by atoms with E-state index in [2.05, 4.69) is 5.32 Å². The van der Waals surface area contributed by atoms with E-state index in [0.717, 1.165) is 5.56 Å². The van der Waals surface area contributed by atoms with Crippen LogP contribution in [0.2, 0.25) is 0 Å². The third-order valence-electron chi connectivity index (χ3n) is 3.51. The van der Waals surface area contributed by atoms with Gasteiger partial charge in [0.05, 0.1) is 5.69 Å². The maximum atomic E-state index is 14.0. The molecule has 4 nitrogen and oxygen atoms in total. The van der Waals surface area contributed by atoms with Gasteiger partial charge in [0.2, 0.25) is 5.91 Å². The minimum absolute atomic E-state index is 0.0417. The Labute approximate surface area is 121 Å². The number of hydrogen-bond donors (Lipinski definition) is 2. The Morgan fingerprint density at radius 2 is 2.05 bits per heavy atom. The van der Waals surface area contributed by atoms with Crippen molar-refractivity contribution in [3.8, 4) is 11.5 Å². The van der Waals surface area contributed by atoms with Gasteiger partial charge >= 0.3 is 0 Å². The summed E-state index contributed by atoms with van der Waals surface area (Å²) in [5, 5.41) is 2.77. The molecule has 3 N–H and O–H groups in total. The quantitative estimate of drug-likeness (QED) is 0.832. The van der Waals surface area contributed by atoms with E-state index in [-0.39, 0.29) is 11.7 Å². The Balaban J connectivity index is 1.97. The smallest absolute Gasteiger partial charge is 0.224 e.